The highest BCUT2D eigenvalue weighted by atomic mass is 79.9. The Morgan fingerprint density at radius 1 is 1.64 bits per heavy atom. The van der Waals surface area contributed by atoms with Crippen LogP contribution in [-0.4, -0.2) is 28.2 Å². The van der Waals surface area contributed by atoms with E-state index in [1.807, 2.05) is 14.0 Å². The van der Waals surface area contributed by atoms with Crippen LogP contribution in [0.25, 0.3) is 0 Å². The van der Waals surface area contributed by atoms with Gasteiger partial charge in [0.2, 0.25) is 0 Å². The quantitative estimate of drug-likeness (QED) is 0.880. The molecule has 80 valence electrons. The molecule has 0 aromatic carbocycles. The van der Waals surface area contributed by atoms with Gasteiger partial charge in [0.25, 0.3) is 0 Å². The van der Waals surface area contributed by atoms with Crippen LogP contribution in [0.4, 0.5) is 0 Å². The van der Waals surface area contributed by atoms with Crippen LogP contribution in [0.15, 0.2) is 4.60 Å². The number of nitrogens with zero attached hydrogens (tertiary/aromatic N) is 3. The molecule has 0 saturated carbocycles. The van der Waals surface area contributed by atoms with Crippen LogP contribution in [0.1, 0.15) is 25.1 Å². The minimum absolute atomic E-state index is 0.0106. The van der Waals surface area contributed by atoms with Crippen molar-refractivity contribution in [1.82, 2.24) is 15.0 Å². The van der Waals surface area contributed by atoms with Gasteiger partial charge in [0, 0.05) is 14.2 Å². The summed E-state index contributed by atoms with van der Waals surface area (Å²) in [6.45, 7) is 2.03. The number of nitrogens with two attached hydrogens (primary N) is 1. The number of ether oxygens (including phenoxy) is 1. The Hall–Kier alpha value is -0.460. The minimum atomic E-state index is -0.209. The molecule has 2 N–H and O–H groups in total. The van der Waals surface area contributed by atoms with Crippen LogP contribution >= 0.6 is 15.9 Å². The first-order valence-electron chi connectivity index (χ1n) is 4.45. The van der Waals surface area contributed by atoms with Crippen molar-refractivity contribution in [2.24, 2.45) is 12.8 Å². The van der Waals surface area contributed by atoms with Crippen molar-refractivity contribution in [2.45, 2.75) is 25.5 Å². The van der Waals surface area contributed by atoms with Crippen molar-refractivity contribution in [1.29, 1.82) is 0 Å². The van der Waals surface area contributed by atoms with E-state index in [9.17, 15) is 0 Å². The fourth-order valence-corrected chi connectivity index (χ4v) is 2.03. The van der Waals surface area contributed by atoms with Gasteiger partial charge in [-0.2, -0.15) is 0 Å². The minimum Gasteiger partial charge on any atom is -0.379 e. The zero-order valence-electron chi connectivity index (χ0n) is 8.57. The molecule has 0 amide bonds. The van der Waals surface area contributed by atoms with Gasteiger partial charge in [-0.3, -0.25) is 0 Å². The summed E-state index contributed by atoms with van der Waals surface area (Å²) in [5.41, 5.74) is 6.91. The molecule has 14 heavy (non-hydrogen) atoms. The van der Waals surface area contributed by atoms with Crippen molar-refractivity contribution < 1.29 is 4.74 Å². The topological polar surface area (TPSA) is 66.0 Å². The summed E-state index contributed by atoms with van der Waals surface area (Å²) in [6.07, 6.45) is 0.846. The second-order valence-corrected chi connectivity index (χ2v) is 3.85. The molecule has 1 heterocycles. The molecule has 0 bridgehead atoms. The molecule has 5 nitrogen and oxygen atoms in total. The predicted octanol–water partition coefficient (Wildman–Crippen LogP) is 1.00. The second-order valence-electron chi connectivity index (χ2n) is 3.10. The Balaban J connectivity index is 2.92. The van der Waals surface area contributed by atoms with Gasteiger partial charge in [0.15, 0.2) is 4.60 Å². The highest BCUT2D eigenvalue weighted by Gasteiger charge is 2.23. The molecule has 0 aliphatic carbocycles. The zero-order valence-corrected chi connectivity index (χ0v) is 10.2. The lowest BCUT2D eigenvalue weighted by Gasteiger charge is -2.20. The molecule has 1 aromatic rings. The molecule has 0 radical (unpaired) electrons. The molecule has 2 atom stereocenters. The first kappa shape index (κ1) is 11.6. The number of aromatic nitrogens is 3. The van der Waals surface area contributed by atoms with E-state index in [0.29, 0.717) is 4.60 Å². The molecule has 1 aromatic heterocycles. The van der Waals surface area contributed by atoms with Gasteiger partial charge < -0.3 is 10.5 Å². The highest BCUT2D eigenvalue weighted by Crippen LogP contribution is 2.23. The summed E-state index contributed by atoms with van der Waals surface area (Å²) in [5.74, 6) is 0. The lowest BCUT2D eigenvalue weighted by Crippen LogP contribution is -2.29. The summed E-state index contributed by atoms with van der Waals surface area (Å²) in [4.78, 5) is 0. The number of rotatable bonds is 4. The van der Waals surface area contributed by atoms with Gasteiger partial charge in [-0.05, 0) is 22.4 Å². The predicted molar refractivity (Wildman–Crippen MR) is 56.7 cm³/mol. The third kappa shape index (κ3) is 2.13. The highest BCUT2D eigenvalue weighted by molar-refractivity contribution is 9.10. The molecule has 6 heteroatoms. The van der Waals surface area contributed by atoms with E-state index >= 15 is 0 Å². The number of halogens is 1. The van der Waals surface area contributed by atoms with Crippen LogP contribution in [0.3, 0.4) is 0 Å². The molecule has 0 fully saturated rings. The average molecular weight is 263 g/mol. The van der Waals surface area contributed by atoms with E-state index in [-0.39, 0.29) is 12.1 Å². The van der Waals surface area contributed by atoms with Gasteiger partial charge in [0.1, 0.15) is 0 Å². The SMILES string of the molecule is CCC(OC)C(N)c1c(Br)nnn1C. The Bertz CT molecular complexity index is 278. The smallest absolute Gasteiger partial charge is 0.153 e. The van der Waals surface area contributed by atoms with Crippen molar-refractivity contribution in [3.63, 3.8) is 0 Å². The van der Waals surface area contributed by atoms with Gasteiger partial charge in [0.05, 0.1) is 17.8 Å². The summed E-state index contributed by atoms with van der Waals surface area (Å²) >= 11 is 3.31. The van der Waals surface area contributed by atoms with Crippen LogP contribution < -0.4 is 5.73 Å². The van der Waals surface area contributed by atoms with Gasteiger partial charge >= 0.3 is 0 Å². The van der Waals surface area contributed by atoms with Crippen LogP contribution in [-0.2, 0) is 11.8 Å². The zero-order chi connectivity index (χ0) is 10.7. The van der Waals surface area contributed by atoms with Crippen molar-refractivity contribution in [2.75, 3.05) is 7.11 Å². The van der Waals surface area contributed by atoms with Crippen LogP contribution in [0, 0.1) is 0 Å². The van der Waals surface area contributed by atoms with E-state index in [1.54, 1.807) is 11.8 Å². The van der Waals surface area contributed by atoms with Crippen molar-refractivity contribution in [3.8, 4) is 0 Å². The van der Waals surface area contributed by atoms with Gasteiger partial charge in [-0.1, -0.05) is 12.1 Å². The maximum Gasteiger partial charge on any atom is 0.153 e. The third-order valence-electron chi connectivity index (χ3n) is 2.25. The van der Waals surface area contributed by atoms with E-state index in [4.69, 9.17) is 10.5 Å². The summed E-state index contributed by atoms with van der Waals surface area (Å²) < 4.78 is 7.63. The second kappa shape index (κ2) is 4.86. The summed E-state index contributed by atoms with van der Waals surface area (Å²) in [5, 5.41) is 7.75. The van der Waals surface area contributed by atoms with Gasteiger partial charge in [-0.15, -0.1) is 5.10 Å². The number of hydrogen-bond acceptors (Lipinski definition) is 4. The third-order valence-corrected chi connectivity index (χ3v) is 2.81. The maximum absolute atomic E-state index is 6.05. The molecule has 0 aliphatic heterocycles. The normalized spacial score (nSPS) is 15.5. The first-order chi connectivity index (χ1) is 6.61. The number of aryl methyl sites for hydroxylation is 1. The van der Waals surface area contributed by atoms with Crippen molar-refractivity contribution >= 4 is 15.9 Å². The average Bonchev–Trinajstić information content (AvgIpc) is 2.48. The Morgan fingerprint density at radius 2 is 2.29 bits per heavy atom. The summed E-state index contributed by atoms with van der Waals surface area (Å²) in [7, 11) is 3.47. The lowest BCUT2D eigenvalue weighted by molar-refractivity contribution is 0.0747. The fraction of sp³-hybridized carbons (Fsp3) is 0.750. The fourth-order valence-electron chi connectivity index (χ4n) is 1.44. The van der Waals surface area contributed by atoms with E-state index < -0.39 is 0 Å². The molecular weight excluding hydrogens is 248 g/mol. The maximum atomic E-state index is 6.05. The largest absolute Gasteiger partial charge is 0.379 e. The molecule has 0 saturated heterocycles. The molecule has 0 spiro atoms. The van der Waals surface area contributed by atoms with Crippen molar-refractivity contribution in [3.05, 3.63) is 10.3 Å². The molecule has 1 rings (SSSR count). The molecule has 2 unspecified atom stereocenters. The Kier molecular flexibility index (Phi) is 4.03. The summed E-state index contributed by atoms with van der Waals surface area (Å²) in [6, 6.07) is -0.209. The standard InChI is InChI=1S/C8H15BrN4O/c1-4-5(14-3)6(10)7-8(9)11-12-13(7)2/h5-6H,4,10H2,1-3H3. The molecular formula is C8H15BrN4O. The lowest BCUT2D eigenvalue weighted by atomic mass is 10.1. The van der Waals surface area contributed by atoms with E-state index in [2.05, 4.69) is 26.2 Å². The Morgan fingerprint density at radius 3 is 2.64 bits per heavy atom. The van der Waals surface area contributed by atoms with Crippen LogP contribution in [0.2, 0.25) is 0 Å². The number of hydrogen-bond donors (Lipinski definition) is 1. The monoisotopic (exact) mass is 262 g/mol. The molecule has 0 aliphatic rings. The van der Waals surface area contributed by atoms with E-state index in [1.165, 1.54) is 0 Å². The first-order valence-corrected chi connectivity index (χ1v) is 5.24. The number of methoxy groups -OCH3 is 1. The van der Waals surface area contributed by atoms with Crippen LogP contribution in [0.5, 0.6) is 0 Å². The van der Waals surface area contributed by atoms with E-state index in [0.717, 1.165) is 12.1 Å². The van der Waals surface area contributed by atoms with Gasteiger partial charge in [-0.25, -0.2) is 4.68 Å². The Labute approximate surface area is 91.7 Å².